The van der Waals surface area contributed by atoms with Gasteiger partial charge in [0.25, 0.3) is 5.91 Å². The third kappa shape index (κ3) is 4.77. The van der Waals surface area contributed by atoms with Crippen molar-refractivity contribution in [1.29, 1.82) is 0 Å². The second-order valence-corrected chi connectivity index (χ2v) is 8.62. The third-order valence-electron chi connectivity index (χ3n) is 5.60. The molecule has 0 bridgehead atoms. The van der Waals surface area contributed by atoms with Gasteiger partial charge in [-0.05, 0) is 24.6 Å². The Morgan fingerprint density at radius 1 is 1.03 bits per heavy atom. The van der Waals surface area contributed by atoms with E-state index in [1.807, 2.05) is 75.4 Å². The molecule has 1 N–H and O–H groups in total. The molecule has 0 saturated heterocycles. The first-order valence-corrected chi connectivity index (χ1v) is 10.7. The van der Waals surface area contributed by atoms with Gasteiger partial charge in [-0.3, -0.25) is 9.59 Å². The second kappa shape index (κ2) is 8.86. The van der Waals surface area contributed by atoms with Gasteiger partial charge in [0.05, 0.1) is 24.9 Å². The van der Waals surface area contributed by atoms with Crippen LogP contribution in [0.3, 0.4) is 0 Å². The number of aromatic nitrogens is 3. The number of carbonyl (C=O) groups is 2. The highest BCUT2D eigenvalue weighted by Crippen LogP contribution is 2.28. The van der Waals surface area contributed by atoms with Gasteiger partial charge in [0.2, 0.25) is 0 Å². The molecule has 2 aromatic carbocycles. The Morgan fingerprint density at radius 2 is 1.73 bits per heavy atom. The number of benzene rings is 2. The van der Waals surface area contributed by atoms with E-state index in [9.17, 15) is 9.59 Å². The monoisotopic (exact) mass is 442 g/mol. The summed E-state index contributed by atoms with van der Waals surface area (Å²) in [4.78, 5) is 29.2. The molecule has 0 saturated carbocycles. The molecule has 4 rings (SSSR count). The van der Waals surface area contributed by atoms with Crippen LogP contribution in [-0.4, -0.2) is 33.6 Å². The van der Waals surface area contributed by atoms with Crippen LogP contribution in [0.25, 0.3) is 16.9 Å². The quantitative estimate of drug-likeness (QED) is 0.434. The predicted octanol–water partition coefficient (Wildman–Crippen LogP) is 4.80. The smallest absolute Gasteiger partial charge is 0.306 e. The number of hydrogen-bond donors (Lipinski definition) is 1. The van der Waals surface area contributed by atoms with Crippen LogP contribution in [0.1, 0.15) is 41.9 Å². The van der Waals surface area contributed by atoms with E-state index in [1.165, 1.54) is 7.11 Å². The zero-order valence-corrected chi connectivity index (χ0v) is 19.1. The molecular formula is C26H26N4O3. The highest BCUT2D eigenvalue weighted by atomic mass is 16.5. The summed E-state index contributed by atoms with van der Waals surface area (Å²) < 4.78 is 6.57. The van der Waals surface area contributed by atoms with Crippen LogP contribution >= 0.6 is 0 Å². The Labute approximate surface area is 192 Å². The molecule has 2 heterocycles. The van der Waals surface area contributed by atoms with Crippen LogP contribution in [0, 0.1) is 6.92 Å². The minimum atomic E-state index is -0.404. The largest absolute Gasteiger partial charge is 0.469 e. The first kappa shape index (κ1) is 22.2. The zero-order chi connectivity index (χ0) is 23.6. The van der Waals surface area contributed by atoms with Gasteiger partial charge in [0.15, 0.2) is 5.65 Å². The number of aryl methyl sites for hydroxylation is 1. The lowest BCUT2D eigenvalue weighted by atomic mass is 9.81. The number of nitrogens with one attached hydrogen (secondary N) is 1. The molecule has 0 aliphatic rings. The lowest BCUT2D eigenvalue weighted by Crippen LogP contribution is -2.23. The molecule has 4 aromatic rings. The number of rotatable bonds is 6. The number of methoxy groups -OCH3 is 1. The number of amides is 1. The first-order valence-electron chi connectivity index (χ1n) is 10.7. The van der Waals surface area contributed by atoms with Gasteiger partial charge < -0.3 is 10.1 Å². The fraction of sp³-hybridized carbons (Fsp3) is 0.231. The molecule has 0 fully saturated rings. The van der Waals surface area contributed by atoms with Crippen molar-refractivity contribution in [3.63, 3.8) is 0 Å². The lowest BCUT2D eigenvalue weighted by Gasteiger charge is -2.24. The van der Waals surface area contributed by atoms with E-state index in [0.717, 1.165) is 22.5 Å². The molecule has 168 valence electrons. The van der Waals surface area contributed by atoms with Crippen LogP contribution in [0.2, 0.25) is 0 Å². The maximum absolute atomic E-state index is 12.9. The van der Waals surface area contributed by atoms with Crippen molar-refractivity contribution in [2.24, 2.45) is 0 Å². The summed E-state index contributed by atoms with van der Waals surface area (Å²) in [7, 11) is 1.38. The summed E-state index contributed by atoms with van der Waals surface area (Å²) in [6.07, 6.45) is 0.256. The number of anilines is 1. The zero-order valence-electron chi connectivity index (χ0n) is 19.1. The number of esters is 1. The minimum Gasteiger partial charge on any atom is -0.469 e. The Morgan fingerprint density at radius 3 is 2.39 bits per heavy atom. The second-order valence-electron chi connectivity index (χ2n) is 8.62. The molecule has 1 amide bonds. The van der Waals surface area contributed by atoms with Crippen molar-refractivity contribution in [3.8, 4) is 11.3 Å². The molecule has 7 nitrogen and oxygen atoms in total. The lowest BCUT2D eigenvalue weighted by molar-refractivity contribution is -0.141. The van der Waals surface area contributed by atoms with Crippen molar-refractivity contribution in [1.82, 2.24) is 14.6 Å². The van der Waals surface area contributed by atoms with Gasteiger partial charge in [-0.15, -0.1) is 0 Å². The molecule has 0 radical (unpaired) electrons. The van der Waals surface area contributed by atoms with E-state index in [4.69, 9.17) is 4.74 Å². The van der Waals surface area contributed by atoms with Gasteiger partial charge in [0, 0.05) is 28.7 Å². The highest BCUT2D eigenvalue weighted by Gasteiger charge is 2.25. The Hall–Kier alpha value is -4.00. The Bertz CT molecular complexity index is 1310. The van der Waals surface area contributed by atoms with Crippen molar-refractivity contribution >= 4 is 23.3 Å². The van der Waals surface area contributed by atoms with Crippen LogP contribution in [0.5, 0.6) is 0 Å². The molecular weight excluding hydrogens is 416 g/mol. The van der Waals surface area contributed by atoms with Gasteiger partial charge >= 0.3 is 5.97 Å². The van der Waals surface area contributed by atoms with Gasteiger partial charge in [-0.1, -0.05) is 56.3 Å². The summed E-state index contributed by atoms with van der Waals surface area (Å²) in [6.45, 7) is 5.85. The minimum absolute atomic E-state index is 0.256. The molecule has 0 spiro atoms. The number of nitrogens with zero attached hydrogens (tertiary/aromatic N) is 3. The highest BCUT2D eigenvalue weighted by molar-refractivity contribution is 6.04. The molecule has 33 heavy (non-hydrogen) atoms. The number of carbonyl (C=O) groups excluding carboxylic acids is 2. The van der Waals surface area contributed by atoms with Crippen molar-refractivity contribution < 1.29 is 14.3 Å². The van der Waals surface area contributed by atoms with E-state index >= 15 is 0 Å². The Kier molecular flexibility index (Phi) is 5.96. The van der Waals surface area contributed by atoms with Gasteiger partial charge in [-0.2, -0.15) is 5.10 Å². The summed E-state index contributed by atoms with van der Waals surface area (Å²) >= 11 is 0. The average molecular weight is 443 g/mol. The molecule has 0 aliphatic heterocycles. The maximum Gasteiger partial charge on any atom is 0.306 e. The summed E-state index contributed by atoms with van der Waals surface area (Å²) in [5.74, 6) is -0.0895. The molecule has 0 atom stereocenters. The van der Waals surface area contributed by atoms with E-state index < -0.39 is 5.41 Å². The summed E-state index contributed by atoms with van der Waals surface area (Å²) in [5.41, 5.74) is 4.35. The van der Waals surface area contributed by atoms with Gasteiger partial charge in [-0.25, -0.2) is 9.50 Å². The number of hydrogen-bond acceptors (Lipinski definition) is 5. The number of fused-ring (bicyclic) bond motifs is 1. The van der Waals surface area contributed by atoms with Crippen LogP contribution in [0.4, 0.5) is 5.82 Å². The fourth-order valence-corrected chi connectivity index (χ4v) is 3.76. The van der Waals surface area contributed by atoms with E-state index in [-0.39, 0.29) is 18.3 Å². The third-order valence-corrected chi connectivity index (χ3v) is 5.60. The van der Waals surface area contributed by atoms with Crippen molar-refractivity contribution in [3.05, 3.63) is 83.6 Å². The normalized spacial score (nSPS) is 11.4. The number of ether oxygens (including phenoxy) is 1. The molecule has 0 unspecified atom stereocenters. The van der Waals surface area contributed by atoms with Crippen LogP contribution in [0.15, 0.2) is 66.7 Å². The van der Waals surface area contributed by atoms with Crippen molar-refractivity contribution in [2.75, 3.05) is 12.4 Å². The molecule has 0 aliphatic carbocycles. The standard InChI is InChI=1S/C26H26N4O3/c1-17-14-23-27-22(15-21(30(23)29-17)18-8-6-5-7-9-18)28-25(32)19-10-12-20(13-11-19)26(2,3)16-24(31)33-4/h5-15H,16H2,1-4H3,(H,27,28,32). The van der Waals surface area contributed by atoms with E-state index in [2.05, 4.69) is 15.4 Å². The van der Waals surface area contributed by atoms with E-state index in [0.29, 0.717) is 17.0 Å². The SMILES string of the molecule is COC(=O)CC(C)(C)c1ccc(C(=O)Nc2cc(-c3ccccc3)n3nc(C)cc3n2)cc1. The fourth-order valence-electron chi connectivity index (χ4n) is 3.76. The van der Waals surface area contributed by atoms with E-state index in [1.54, 1.807) is 16.6 Å². The topological polar surface area (TPSA) is 85.6 Å². The van der Waals surface area contributed by atoms with Crippen molar-refractivity contribution in [2.45, 2.75) is 32.6 Å². The van der Waals surface area contributed by atoms with Gasteiger partial charge in [0.1, 0.15) is 5.82 Å². The average Bonchev–Trinajstić information content (AvgIpc) is 3.18. The molecule has 2 aromatic heterocycles. The maximum atomic E-state index is 12.9. The summed E-state index contributed by atoms with van der Waals surface area (Å²) in [5, 5.41) is 7.44. The first-order chi connectivity index (χ1) is 15.8. The Balaban J connectivity index is 1.60. The van der Waals surface area contributed by atoms with Crippen LogP contribution in [-0.2, 0) is 14.9 Å². The molecule has 7 heteroatoms. The van der Waals surface area contributed by atoms with Crippen LogP contribution < -0.4 is 5.32 Å². The predicted molar refractivity (Wildman–Crippen MR) is 127 cm³/mol. The summed E-state index contributed by atoms with van der Waals surface area (Å²) in [6, 6.07) is 20.8.